The smallest absolute Gasteiger partial charge is 0.228 e. The van der Waals surface area contributed by atoms with Gasteiger partial charge in [-0.05, 0) is 48.1 Å². The van der Waals surface area contributed by atoms with Crippen LogP contribution in [0.5, 0.6) is 11.5 Å². The molecule has 0 aliphatic rings. The summed E-state index contributed by atoms with van der Waals surface area (Å²) >= 11 is 35.2. The molecular weight excluding hydrogens is 528 g/mol. The van der Waals surface area contributed by atoms with Gasteiger partial charge in [0.25, 0.3) is 0 Å². The maximum Gasteiger partial charge on any atom is 0.228 e. The van der Waals surface area contributed by atoms with Gasteiger partial charge in [0.05, 0.1) is 30.7 Å². The molecule has 0 aromatic heterocycles. The molecule has 0 radical (unpaired) electrons. The number of alkyl halides is 3. The first-order valence-electron chi connectivity index (χ1n) is 8.63. The molecule has 2 rings (SSSR count). The zero-order chi connectivity index (χ0) is 23.2. The lowest BCUT2D eigenvalue weighted by molar-refractivity contribution is -0.121. The third kappa shape index (κ3) is 7.93. The van der Waals surface area contributed by atoms with Crippen LogP contribution in [0.4, 0.5) is 5.69 Å². The summed E-state index contributed by atoms with van der Waals surface area (Å²) in [7, 11) is 3.03. The van der Waals surface area contributed by atoms with Crippen LogP contribution < -0.4 is 25.4 Å². The van der Waals surface area contributed by atoms with Gasteiger partial charge in [-0.25, -0.2) is 0 Å². The van der Waals surface area contributed by atoms with Crippen molar-refractivity contribution in [3.63, 3.8) is 0 Å². The summed E-state index contributed by atoms with van der Waals surface area (Å²) in [5, 5.41) is 9.11. The lowest BCUT2D eigenvalue weighted by Gasteiger charge is -2.28. The molecule has 0 aliphatic carbocycles. The predicted molar refractivity (Wildman–Crippen MR) is 131 cm³/mol. The van der Waals surface area contributed by atoms with Gasteiger partial charge in [0.2, 0.25) is 9.70 Å². The molecule has 6 nitrogen and oxygen atoms in total. The third-order valence-corrected chi connectivity index (χ3v) is 5.51. The van der Waals surface area contributed by atoms with Crippen LogP contribution in [0, 0.1) is 0 Å². The molecule has 0 spiro atoms. The fraction of sp³-hybridized carbons (Fsp3) is 0.263. The Hall–Kier alpha value is -1.35. The molecule has 1 unspecified atom stereocenters. The van der Waals surface area contributed by atoms with Gasteiger partial charge in [-0.1, -0.05) is 64.1 Å². The zero-order valence-electron chi connectivity index (χ0n) is 16.3. The Balaban J connectivity index is 2.04. The van der Waals surface area contributed by atoms with Crippen molar-refractivity contribution in [2.75, 3.05) is 19.5 Å². The number of halogens is 5. The zero-order valence-corrected chi connectivity index (χ0v) is 20.9. The number of carbonyl (C=O) groups is 1. The van der Waals surface area contributed by atoms with Crippen LogP contribution in [-0.2, 0) is 11.2 Å². The summed E-state index contributed by atoms with van der Waals surface area (Å²) in [4.78, 5) is 12.6. The minimum absolute atomic E-state index is 0.00621. The van der Waals surface area contributed by atoms with Crippen molar-refractivity contribution in [1.82, 2.24) is 10.6 Å². The Morgan fingerprint density at radius 3 is 2.26 bits per heavy atom. The quantitative estimate of drug-likeness (QED) is 0.248. The molecule has 0 bridgehead atoms. The Morgan fingerprint density at radius 2 is 1.68 bits per heavy atom. The minimum Gasteiger partial charge on any atom is -0.493 e. The van der Waals surface area contributed by atoms with Gasteiger partial charge in [0.1, 0.15) is 6.17 Å². The van der Waals surface area contributed by atoms with Crippen LogP contribution in [0.3, 0.4) is 0 Å². The molecule has 0 saturated carbocycles. The van der Waals surface area contributed by atoms with Crippen LogP contribution >= 0.6 is 70.2 Å². The van der Waals surface area contributed by atoms with E-state index in [1.807, 2.05) is 0 Å². The topological polar surface area (TPSA) is 71.6 Å². The molecule has 2 aromatic carbocycles. The molecule has 1 amide bonds. The second-order valence-corrected chi connectivity index (χ2v) is 9.73. The number of hydrogen-bond donors (Lipinski definition) is 3. The number of rotatable bonds is 7. The highest BCUT2D eigenvalue weighted by molar-refractivity contribution is 7.80. The fourth-order valence-electron chi connectivity index (χ4n) is 2.46. The number of nitrogens with one attached hydrogen (secondary N) is 3. The lowest BCUT2D eigenvalue weighted by atomic mass is 10.1. The normalized spacial score (nSPS) is 12.0. The monoisotopic (exact) mass is 543 g/mol. The second kappa shape index (κ2) is 11.5. The van der Waals surface area contributed by atoms with Gasteiger partial charge in [0, 0.05) is 5.69 Å². The van der Waals surface area contributed by atoms with Crippen molar-refractivity contribution < 1.29 is 14.3 Å². The van der Waals surface area contributed by atoms with E-state index in [1.54, 1.807) is 36.4 Å². The van der Waals surface area contributed by atoms with E-state index in [4.69, 9.17) is 79.7 Å². The highest BCUT2D eigenvalue weighted by atomic mass is 35.6. The summed E-state index contributed by atoms with van der Waals surface area (Å²) < 4.78 is 8.54. The standard InChI is InChI=1S/C19H18Cl5N3O3S/c1-29-14-6-3-10(7-15(14)30-2)8-16(28)26-17(19(22,23)24)27-18(31)25-11-4-5-12(20)13(21)9-11/h3-7,9,17H,8H2,1-2H3,(H,26,28)(H2,25,27,31). The first-order valence-corrected chi connectivity index (χ1v) is 10.9. The van der Waals surface area contributed by atoms with E-state index in [2.05, 4.69) is 16.0 Å². The largest absolute Gasteiger partial charge is 0.493 e. The highest BCUT2D eigenvalue weighted by Crippen LogP contribution is 2.30. The maximum atomic E-state index is 12.6. The van der Waals surface area contributed by atoms with Crippen LogP contribution in [0.25, 0.3) is 0 Å². The van der Waals surface area contributed by atoms with Crippen molar-refractivity contribution in [2.45, 2.75) is 16.4 Å². The van der Waals surface area contributed by atoms with Crippen LogP contribution in [0.1, 0.15) is 5.56 Å². The first-order chi connectivity index (χ1) is 14.5. The van der Waals surface area contributed by atoms with Gasteiger partial charge >= 0.3 is 0 Å². The third-order valence-electron chi connectivity index (χ3n) is 3.90. The van der Waals surface area contributed by atoms with E-state index >= 15 is 0 Å². The average molecular weight is 546 g/mol. The minimum atomic E-state index is -1.89. The molecule has 12 heteroatoms. The average Bonchev–Trinajstić information content (AvgIpc) is 2.69. The molecule has 0 heterocycles. The summed E-state index contributed by atoms with van der Waals surface area (Å²) in [6, 6.07) is 9.97. The lowest BCUT2D eigenvalue weighted by Crippen LogP contribution is -2.56. The van der Waals surface area contributed by atoms with Gasteiger partial charge in [-0.3, -0.25) is 4.79 Å². The molecule has 0 fully saturated rings. The molecule has 168 valence electrons. The van der Waals surface area contributed by atoms with Crippen molar-refractivity contribution >= 4 is 86.9 Å². The molecular formula is C19H18Cl5N3O3S. The van der Waals surface area contributed by atoms with Crippen molar-refractivity contribution in [2.24, 2.45) is 0 Å². The molecule has 1 atom stereocenters. The molecule has 0 aliphatic heterocycles. The second-order valence-electron chi connectivity index (χ2n) is 6.14. The summed E-state index contributed by atoms with van der Waals surface area (Å²) in [5.41, 5.74) is 1.24. The van der Waals surface area contributed by atoms with E-state index in [-0.39, 0.29) is 11.5 Å². The first kappa shape index (κ1) is 25.9. The van der Waals surface area contributed by atoms with E-state index in [0.29, 0.717) is 32.8 Å². The summed E-state index contributed by atoms with van der Waals surface area (Å²) in [6.45, 7) is 0. The van der Waals surface area contributed by atoms with Crippen LogP contribution in [-0.4, -0.2) is 35.2 Å². The number of carbonyl (C=O) groups excluding carboxylic acids is 1. The van der Waals surface area contributed by atoms with E-state index in [0.717, 1.165) is 0 Å². The van der Waals surface area contributed by atoms with Gasteiger partial charge in [0.15, 0.2) is 16.6 Å². The Labute approximate surface area is 210 Å². The van der Waals surface area contributed by atoms with Gasteiger partial charge < -0.3 is 25.4 Å². The van der Waals surface area contributed by atoms with E-state index in [9.17, 15) is 4.79 Å². The number of methoxy groups -OCH3 is 2. The fourth-order valence-corrected chi connectivity index (χ4v) is 3.32. The van der Waals surface area contributed by atoms with Gasteiger partial charge in [-0.2, -0.15) is 0 Å². The van der Waals surface area contributed by atoms with E-state index in [1.165, 1.54) is 14.2 Å². The number of anilines is 1. The Bertz CT molecular complexity index is 956. The maximum absolute atomic E-state index is 12.6. The highest BCUT2D eigenvalue weighted by Gasteiger charge is 2.34. The predicted octanol–water partition coefficient (Wildman–Crippen LogP) is 5.35. The number of benzene rings is 2. The number of amides is 1. The van der Waals surface area contributed by atoms with Crippen LogP contribution in [0.2, 0.25) is 10.0 Å². The van der Waals surface area contributed by atoms with E-state index < -0.39 is 15.9 Å². The number of hydrogen-bond acceptors (Lipinski definition) is 4. The molecule has 2 aromatic rings. The van der Waals surface area contributed by atoms with Crippen molar-refractivity contribution in [3.05, 3.63) is 52.0 Å². The van der Waals surface area contributed by atoms with Crippen molar-refractivity contribution in [3.8, 4) is 11.5 Å². The molecule has 3 N–H and O–H groups in total. The Morgan fingerprint density at radius 1 is 1.00 bits per heavy atom. The summed E-state index contributed by atoms with van der Waals surface area (Å²) in [6.07, 6.45) is -1.11. The molecule has 31 heavy (non-hydrogen) atoms. The molecule has 0 saturated heterocycles. The van der Waals surface area contributed by atoms with Crippen molar-refractivity contribution in [1.29, 1.82) is 0 Å². The van der Waals surface area contributed by atoms with Gasteiger partial charge in [-0.15, -0.1) is 0 Å². The number of ether oxygens (including phenoxy) is 2. The summed E-state index contributed by atoms with van der Waals surface area (Å²) in [5.74, 6) is 0.635. The SMILES string of the molecule is COc1ccc(CC(=O)NC(NC(=S)Nc2ccc(Cl)c(Cl)c2)C(Cl)(Cl)Cl)cc1OC. The van der Waals surface area contributed by atoms with Crippen LogP contribution in [0.15, 0.2) is 36.4 Å². The number of thiocarbonyl (C=S) groups is 1. The Kier molecular flexibility index (Phi) is 9.61.